The van der Waals surface area contributed by atoms with Gasteiger partial charge in [0, 0.05) is 35.7 Å². The lowest BCUT2D eigenvalue weighted by Crippen LogP contribution is -3.15. The highest BCUT2D eigenvalue weighted by Gasteiger charge is 2.37. The number of hydrogen-bond acceptors (Lipinski definition) is 3. The van der Waals surface area contributed by atoms with Crippen LogP contribution in [0.25, 0.3) is 0 Å². The minimum Gasteiger partial charge on any atom is -1.00 e. The van der Waals surface area contributed by atoms with E-state index in [0.717, 1.165) is 44.6 Å². The molecule has 0 spiro atoms. The number of fused-ring (bicyclic) bond motifs is 4. The van der Waals surface area contributed by atoms with E-state index < -0.39 is 6.10 Å². The quantitative estimate of drug-likeness (QED) is 0.515. The maximum absolute atomic E-state index is 12.3. The number of piperidine rings is 1. The van der Waals surface area contributed by atoms with Gasteiger partial charge in [0.2, 0.25) is 0 Å². The van der Waals surface area contributed by atoms with Crippen LogP contribution < -0.4 is 27.6 Å². The van der Waals surface area contributed by atoms with Crippen molar-refractivity contribution in [1.82, 2.24) is 4.57 Å². The fourth-order valence-electron chi connectivity index (χ4n) is 5.86. The molecule has 0 aliphatic carbocycles. The molecule has 2 unspecified atom stereocenters. The van der Waals surface area contributed by atoms with E-state index in [-0.39, 0.29) is 28.8 Å². The molecule has 6 heteroatoms. The average Bonchev–Trinajstić information content (AvgIpc) is 2.83. The van der Waals surface area contributed by atoms with E-state index in [0.29, 0.717) is 25.0 Å². The van der Waals surface area contributed by atoms with Gasteiger partial charge in [-0.05, 0) is 47.8 Å². The molecule has 0 amide bonds. The van der Waals surface area contributed by atoms with Crippen LogP contribution >= 0.6 is 0 Å². The summed E-state index contributed by atoms with van der Waals surface area (Å²) >= 11 is 0. The lowest BCUT2D eigenvalue weighted by molar-refractivity contribution is -0.914. The number of nitrogens with one attached hydrogen (secondary N) is 1. The molecule has 2 aromatic rings. The largest absolute Gasteiger partial charge is 1.00 e. The first-order valence-corrected chi connectivity index (χ1v) is 13.5. The highest BCUT2D eigenvalue weighted by atomic mass is 35.5. The van der Waals surface area contributed by atoms with E-state index in [4.69, 9.17) is 4.74 Å². The maximum atomic E-state index is 12.3. The predicted octanol–water partition coefficient (Wildman–Crippen LogP) is 0.669. The molecule has 3 heterocycles. The smallest absolute Gasteiger partial charge is 0.250 e. The second kappa shape index (κ2) is 11.3. The van der Waals surface area contributed by atoms with E-state index in [1.54, 1.807) is 6.07 Å². The van der Waals surface area contributed by atoms with Gasteiger partial charge in [-0.1, -0.05) is 59.7 Å². The normalized spacial score (nSPS) is 22.4. The van der Waals surface area contributed by atoms with Gasteiger partial charge < -0.3 is 31.7 Å². The van der Waals surface area contributed by atoms with Crippen molar-refractivity contribution in [3.63, 3.8) is 0 Å². The Kier molecular flexibility index (Phi) is 9.01. The van der Waals surface area contributed by atoms with Gasteiger partial charge >= 0.3 is 0 Å². The Bertz CT molecular complexity index is 1090. The molecule has 2 N–H and O–H groups in total. The summed E-state index contributed by atoms with van der Waals surface area (Å²) in [6.45, 7) is 17.3. The molecular weight excluding hydrogens is 472 g/mol. The molecule has 0 radical (unpaired) electrons. The first kappa shape index (κ1) is 28.7. The second-order valence-electron chi connectivity index (χ2n) is 12.2. The number of nitrogens with zero attached hydrogens (tertiary/aromatic N) is 1. The van der Waals surface area contributed by atoms with Crippen molar-refractivity contribution in [3.8, 4) is 5.75 Å². The lowest BCUT2D eigenvalue weighted by atomic mass is 9.76. The van der Waals surface area contributed by atoms with Gasteiger partial charge in [0.15, 0.2) is 0 Å². The van der Waals surface area contributed by atoms with Crippen molar-refractivity contribution in [3.05, 3.63) is 63.6 Å². The number of ether oxygens (including phenoxy) is 1. The van der Waals surface area contributed by atoms with Crippen LogP contribution in [-0.4, -0.2) is 42.0 Å². The number of halogens is 1. The molecular formula is C30H45ClN2O3. The zero-order chi connectivity index (χ0) is 25.4. The summed E-state index contributed by atoms with van der Waals surface area (Å²) in [5, 5.41) is 10.9. The van der Waals surface area contributed by atoms with Gasteiger partial charge in [-0.2, -0.15) is 0 Å². The third-order valence-electron chi connectivity index (χ3n) is 8.89. The number of aliphatic hydroxyl groups is 1. The third-order valence-corrected chi connectivity index (χ3v) is 8.89. The number of quaternary nitrogens is 1. The summed E-state index contributed by atoms with van der Waals surface area (Å²) in [6, 6.07) is 12.3. The van der Waals surface area contributed by atoms with Crippen molar-refractivity contribution in [1.29, 1.82) is 0 Å². The van der Waals surface area contributed by atoms with Gasteiger partial charge in [-0.25, -0.2) is 0 Å². The van der Waals surface area contributed by atoms with E-state index in [1.807, 2.05) is 10.6 Å². The van der Waals surface area contributed by atoms with Crippen LogP contribution in [0, 0.1) is 5.92 Å². The van der Waals surface area contributed by atoms with Crippen molar-refractivity contribution >= 4 is 0 Å². The Morgan fingerprint density at radius 2 is 1.81 bits per heavy atom. The molecule has 1 aromatic heterocycles. The van der Waals surface area contributed by atoms with Gasteiger partial charge in [0.05, 0.1) is 13.1 Å². The topological polar surface area (TPSA) is 55.9 Å². The molecule has 4 atom stereocenters. The zero-order valence-electron chi connectivity index (χ0n) is 22.9. The number of aromatic nitrogens is 1. The Hall–Kier alpha value is -1.82. The average molecular weight is 517 g/mol. The molecule has 1 fully saturated rings. The highest BCUT2D eigenvalue weighted by Crippen LogP contribution is 2.38. The summed E-state index contributed by atoms with van der Waals surface area (Å²) in [5.74, 6) is 1.78. The third kappa shape index (κ3) is 6.00. The molecule has 5 nitrogen and oxygen atoms in total. The molecule has 4 rings (SSSR count). The van der Waals surface area contributed by atoms with Crippen molar-refractivity contribution in [2.45, 2.75) is 90.2 Å². The van der Waals surface area contributed by atoms with E-state index in [1.165, 1.54) is 21.7 Å². The van der Waals surface area contributed by atoms with Gasteiger partial charge in [-0.15, -0.1) is 0 Å². The number of hydrogen-bond donors (Lipinski definition) is 2. The standard InChI is InChI=1S/C30H44N2O3.ClH/c1-7-29(3,4)23-12-13-27(25(15-23)30(5,6)8-2)35-20-24(33)19-31-16-21-14-22(18-31)26-10-9-11-28(34)32(26)17-21;/h9-13,15,21-22,24,33H,7-8,14,16-20H2,1-6H3;1H/t21-,22-,24?;/m1./s1. The summed E-state index contributed by atoms with van der Waals surface area (Å²) in [6.07, 6.45) is 2.73. The zero-order valence-corrected chi connectivity index (χ0v) is 23.7. The molecule has 1 aromatic carbocycles. The van der Waals surface area contributed by atoms with Gasteiger partial charge in [0.1, 0.15) is 25.0 Å². The number of aliphatic hydroxyl groups excluding tert-OH is 1. The Morgan fingerprint density at radius 3 is 2.50 bits per heavy atom. The molecule has 0 saturated carbocycles. The van der Waals surface area contributed by atoms with Crippen molar-refractivity contribution in [2.75, 3.05) is 26.2 Å². The van der Waals surface area contributed by atoms with Crippen LogP contribution in [0.5, 0.6) is 5.75 Å². The fourth-order valence-corrected chi connectivity index (χ4v) is 5.86. The molecule has 2 aliphatic heterocycles. The Balaban J connectivity index is 0.00000361. The van der Waals surface area contributed by atoms with Crippen molar-refractivity contribution < 1.29 is 27.2 Å². The minimum absolute atomic E-state index is 0. The van der Waals surface area contributed by atoms with Crippen LogP contribution in [-0.2, 0) is 17.4 Å². The Labute approximate surface area is 223 Å². The summed E-state index contributed by atoms with van der Waals surface area (Å²) in [7, 11) is 0. The SMILES string of the molecule is CCC(C)(C)c1ccc(OCC(O)C[NH+]2C[C@H]3C[C@H](C2)c2cccc(=O)n2C3)c(C(C)(C)CC)c1.[Cl-]. The molecule has 200 valence electrons. The van der Waals surface area contributed by atoms with Gasteiger partial charge in [0.25, 0.3) is 5.56 Å². The highest BCUT2D eigenvalue weighted by molar-refractivity contribution is 5.44. The number of rotatable bonds is 9. The van der Waals surface area contributed by atoms with Crippen LogP contribution in [0.4, 0.5) is 0 Å². The Morgan fingerprint density at radius 1 is 1.08 bits per heavy atom. The van der Waals surface area contributed by atoms with Crippen LogP contribution in [0.1, 0.15) is 83.5 Å². The van der Waals surface area contributed by atoms with E-state index in [9.17, 15) is 9.90 Å². The van der Waals surface area contributed by atoms with Crippen LogP contribution in [0.2, 0.25) is 0 Å². The second-order valence-corrected chi connectivity index (χ2v) is 12.2. The molecule has 2 bridgehead atoms. The summed E-state index contributed by atoms with van der Waals surface area (Å²) in [5.41, 5.74) is 3.98. The molecule has 1 saturated heterocycles. The minimum atomic E-state index is -0.522. The summed E-state index contributed by atoms with van der Waals surface area (Å²) in [4.78, 5) is 13.7. The lowest BCUT2D eigenvalue weighted by Gasteiger charge is -2.40. The first-order chi connectivity index (χ1) is 16.5. The first-order valence-electron chi connectivity index (χ1n) is 13.5. The fraction of sp³-hybridized carbons (Fsp3) is 0.633. The molecule has 36 heavy (non-hydrogen) atoms. The van der Waals surface area contributed by atoms with Crippen LogP contribution in [0.3, 0.4) is 0 Å². The van der Waals surface area contributed by atoms with E-state index >= 15 is 0 Å². The predicted molar refractivity (Wildman–Crippen MR) is 142 cm³/mol. The number of benzene rings is 1. The monoisotopic (exact) mass is 516 g/mol. The van der Waals surface area contributed by atoms with E-state index in [2.05, 4.69) is 65.8 Å². The van der Waals surface area contributed by atoms with Crippen molar-refractivity contribution in [2.24, 2.45) is 5.92 Å². The molecule has 2 aliphatic rings. The summed E-state index contributed by atoms with van der Waals surface area (Å²) < 4.78 is 8.26. The number of likely N-dealkylation sites (tertiary alicyclic amines) is 1. The van der Waals surface area contributed by atoms with Gasteiger partial charge in [-0.3, -0.25) is 4.79 Å². The van der Waals surface area contributed by atoms with Crippen LogP contribution in [0.15, 0.2) is 41.2 Å². The maximum Gasteiger partial charge on any atom is 0.250 e. The number of pyridine rings is 1.